The molecule has 2 saturated carbocycles. The summed E-state index contributed by atoms with van der Waals surface area (Å²) < 4.78 is 26.0. The normalized spacial score (nSPS) is 32.6. The smallest absolute Gasteiger partial charge is 0.157 e. The minimum Gasteiger partial charge on any atom is -0.313 e. The van der Waals surface area contributed by atoms with E-state index in [4.69, 9.17) is 0 Å². The van der Waals surface area contributed by atoms with Crippen molar-refractivity contribution in [3.8, 4) is 0 Å². The van der Waals surface area contributed by atoms with E-state index in [9.17, 15) is 8.42 Å². The molecule has 2 aliphatic rings. The monoisotopic (exact) mass is 301 g/mol. The molecular formula is C16H31NO2S. The van der Waals surface area contributed by atoms with Crippen molar-refractivity contribution >= 4 is 9.84 Å². The number of hydrogen-bond acceptors (Lipinski definition) is 3. The Morgan fingerprint density at radius 1 is 1.05 bits per heavy atom. The summed E-state index contributed by atoms with van der Waals surface area (Å²) in [5.41, 5.74) is 0. The average molecular weight is 301 g/mol. The van der Waals surface area contributed by atoms with Crippen molar-refractivity contribution in [2.75, 3.05) is 6.54 Å². The van der Waals surface area contributed by atoms with Crippen molar-refractivity contribution in [3.05, 3.63) is 0 Å². The summed E-state index contributed by atoms with van der Waals surface area (Å²) >= 11 is 0. The average Bonchev–Trinajstić information content (AvgIpc) is 2.99. The number of rotatable bonds is 6. The fourth-order valence-electron chi connectivity index (χ4n) is 3.97. The summed E-state index contributed by atoms with van der Waals surface area (Å²) in [4.78, 5) is 0. The Morgan fingerprint density at radius 3 is 2.35 bits per heavy atom. The van der Waals surface area contributed by atoms with Crippen LogP contribution in [0.4, 0.5) is 0 Å². The van der Waals surface area contributed by atoms with Gasteiger partial charge in [0, 0.05) is 6.04 Å². The van der Waals surface area contributed by atoms with Crippen LogP contribution in [-0.2, 0) is 9.84 Å². The first kappa shape index (κ1) is 16.3. The summed E-state index contributed by atoms with van der Waals surface area (Å²) in [6.07, 6.45) is 9.30. The van der Waals surface area contributed by atoms with E-state index >= 15 is 0 Å². The minimum atomic E-state index is -2.95. The van der Waals surface area contributed by atoms with E-state index < -0.39 is 9.84 Å². The van der Waals surface area contributed by atoms with Crippen molar-refractivity contribution < 1.29 is 8.42 Å². The molecule has 0 saturated heterocycles. The highest BCUT2D eigenvalue weighted by Gasteiger charge is 2.42. The Kier molecular flexibility index (Phi) is 5.91. The predicted molar refractivity (Wildman–Crippen MR) is 84.7 cm³/mol. The van der Waals surface area contributed by atoms with E-state index in [2.05, 4.69) is 19.2 Å². The first-order valence-electron chi connectivity index (χ1n) is 8.55. The van der Waals surface area contributed by atoms with Gasteiger partial charge in [0.15, 0.2) is 9.84 Å². The van der Waals surface area contributed by atoms with Crippen LogP contribution >= 0.6 is 0 Å². The van der Waals surface area contributed by atoms with Crippen molar-refractivity contribution in [2.45, 2.75) is 88.2 Å². The Bertz CT molecular complexity index is 387. The highest BCUT2D eigenvalue weighted by atomic mass is 32.2. The van der Waals surface area contributed by atoms with E-state index in [1.54, 1.807) is 0 Å². The van der Waals surface area contributed by atoms with Crippen LogP contribution < -0.4 is 5.32 Å². The lowest BCUT2D eigenvalue weighted by molar-refractivity contribution is 0.286. The lowest BCUT2D eigenvalue weighted by atomic mass is 9.84. The molecule has 0 aromatic rings. The van der Waals surface area contributed by atoms with Gasteiger partial charge in [-0.05, 0) is 51.0 Å². The molecule has 0 amide bonds. The molecule has 0 aliphatic heterocycles. The highest BCUT2D eigenvalue weighted by Crippen LogP contribution is 2.36. The third-order valence-electron chi connectivity index (χ3n) is 5.32. The van der Waals surface area contributed by atoms with Crippen LogP contribution in [0.5, 0.6) is 0 Å². The maximum absolute atomic E-state index is 13.0. The summed E-state index contributed by atoms with van der Waals surface area (Å²) in [6.45, 7) is 5.28. The molecule has 3 atom stereocenters. The van der Waals surface area contributed by atoms with E-state index in [1.165, 1.54) is 6.42 Å². The van der Waals surface area contributed by atoms with Gasteiger partial charge >= 0.3 is 0 Å². The van der Waals surface area contributed by atoms with Gasteiger partial charge in [-0.25, -0.2) is 8.42 Å². The summed E-state index contributed by atoms with van der Waals surface area (Å²) in [6, 6.07) is 0.198. The molecule has 3 nitrogen and oxygen atoms in total. The van der Waals surface area contributed by atoms with Gasteiger partial charge in [-0.15, -0.1) is 0 Å². The van der Waals surface area contributed by atoms with E-state index in [-0.39, 0.29) is 16.5 Å². The maximum atomic E-state index is 13.0. The molecular weight excluding hydrogens is 270 g/mol. The summed E-state index contributed by atoms with van der Waals surface area (Å²) in [7, 11) is -2.95. The third-order valence-corrected chi connectivity index (χ3v) is 8.09. The second-order valence-electron chi connectivity index (χ2n) is 6.68. The molecule has 0 aromatic carbocycles. The Morgan fingerprint density at radius 2 is 1.75 bits per heavy atom. The standard InChI is InChI=1S/C16H31NO2S/c1-3-11-17-15-10-9-13(4-2)12-16(15)20(18,19)14-7-5-6-8-14/h13-17H,3-12H2,1-2H3. The second-order valence-corrected chi connectivity index (χ2v) is 9.13. The first-order valence-corrected chi connectivity index (χ1v) is 10.2. The largest absolute Gasteiger partial charge is 0.313 e. The molecule has 0 bridgehead atoms. The fourth-order valence-corrected chi connectivity index (χ4v) is 6.69. The van der Waals surface area contributed by atoms with Gasteiger partial charge in [0.1, 0.15) is 0 Å². The van der Waals surface area contributed by atoms with Gasteiger partial charge in [0.25, 0.3) is 0 Å². The van der Waals surface area contributed by atoms with Crippen molar-refractivity contribution in [1.29, 1.82) is 0 Å². The van der Waals surface area contributed by atoms with E-state index in [0.717, 1.165) is 57.9 Å². The maximum Gasteiger partial charge on any atom is 0.157 e. The summed E-state index contributed by atoms with van der Waals surface area (Å²) in [5, 5.41) is 3.34. The third kappa shape index (κ3) is 3.56. The second kappa shape index (κ2) is 7.26. The predicted octanol–water partition coefficient (Wildman–Crippen LogP) is 3.29. The van der Waals surface area contributed by atoms with Crippen molar-refractivity contribution in [2.24, 2.45) is 5.92 Å². The Hall–Kier alpha value is -0.0900. The minimum absolute atomic E-state index is 0.0472. The molecule has 1 N–H and O–H groups in total. The Labute approximate surface area is 124 Å². The first-order chi connectivity index (χ1) is 9.59. The molecule has 0 spiro atoms. The molecule has 2 fully saturated rings. The zero-order valence-electron chi connectivity index (χ0n) is 13.1. The Balaban J connectivity index is 2.12. The zero-order valence-corrected chi connectivity index (χ0v) is 13.9. The van der Waals surface area contributed by atoms with Crippen LogP contribution in [0.25, 0.3) is 0 Å². The molecule has 2 rings (SSSR count). The van der Waals surface area contributed by atoms with Gasteiger partial charge < -0.3 is 5.32 Å². The topological polar surface area (TPSA) is 46.2 Å². The quantitative estimate of drug-likeness (QED) is 0.819. The van der Waals surface area contributed by atoms with Crippen molar-refractivity contribution in [3.63, 3.8) is 0 Å². The van der Waals surface area contributed by atoms with Crippen LogP contribution in [0, 0.1) is 5.92 Å². The fraction of sp³-hybridized carbons (Fsp3) is 1.00. The molecule has 4 heteroatoms. The number of nitrogens with one attached hydrogen (secondary N) is 1. The van der Waals surface area contributed by atoms with Crippen LogP contribution in [-0.4, -0.2) is 31.5 Å². The number of hydrogen-bond donors (Lipinski definition) is 1. The van der Waals surface area contributed by atoms with Crippen molar-refractivity contribution in [1.82, 2.24) is 5.32 Å². The van der Waals surface area contributed by atoms with E-state index in [1.807, 2.05) is 0 Å². The lowest BCUT2D eigenvalue weighted by Gasteiger charge is -2.37. The van der Waals surface area contributed by atoms with E-state index in [0.29, 0.717) is 5.92 Å². The van der Waals surface area contributed by atoms with Gasteiger partial charge in [0.05, 0.1) is 10.5 Å². The highest BCUT2D eigenvalue weighted by molar-refractivity contribution is 7.92. The lowest BCUT2D eigenvalue weighted by Crippen LogP contribution is -2.50. The summed E-state index contributed by atoms with van der Waals surface area (Å²) in [5.74, 6) is 0.607. The van der Waals surface area contributed by atoms with Crippen LogP contribution in [0.3, 0.4) is 0 Å². The van der Waals surface area contributed by atoms with Crippen LogP contribution in [0.1, 0.15) is 71.6 Å². The molecule has 3 unspecified atom stereocenters. The van der Waals surface area contributed by atoms with Crippen LogP contribution in [0.15, 0.2) is 0 Å². The van der Waals surface area contributed by atoms with Crippen LogP contribution in [0.2, 0.25) is 0 Å². The van der Waals surface area contributed by atoms with Gasteiger partial charge in [-0.2, -0.15) is 0 Å². The molecule has 20 heavy (non-hydrogen) atoms. The van der Waals surface area contributed by atoms with Gasteiger partial charge in [-0.1, -0.05) is 33.1 Å². The molecule has 0 radical (unpaired) electrons. The SMILES string of the molecule is CCCNC1CCC(CC)CC1S(=O)(=O)C1CCCC1. The van der Waals surface area contributed by atoms with Gasteiger partial charge in [-0.3, -0.25) is 0 Å². The zero-order chi connectivity index (χ0) is 14.6. The van der Waals surface area contributed by atoms with Gasteiger partial charge in [0.2, 0.25) is 0 Å². The number of sulfone groups is 1. The molecule has 0 heterocycles. The molecule has 2 aliphatic carbocycles. The molecule has 118 valence electrons. The molecule has 0 aromatic heterocycles.